The molecule has 1 aromatic rings. The smallest absolute Gasteiger partial charge is 0.135 e. The summed E-state index contributed by atoms with van der Waals surface area (Å²) in [6.07, 6.45) is 6.55. The third-order valence-corrected chi connectivity index (χ3v) is 4.04. The first-order valence-electron chi connectivity index (χ1n) is 7.26. The van der Waals surface area contributed by atoms with E-state index in [2.05, 4.69) is 43.0 Å². The van der Waals surface area contributed by atoms with E-state index in [4.69, 9.17) is 5.73 Å². The van der Waals surface area contributed by atoms with Crippen molar-refractivity contribution in [3.63, 3.8) is 0 Å². The maximum absolute atomic E-state index is 5.99. The number of rotatable bonds is 3. The first-order chi connectivity index (χ1) is 8.89. The Labute approximate surface area is 116 Å². The zero-order chi connectivity index (χ0) is 14.0. The fourth-order valence-electron chi connectivity index (χ4n) is 3.11. The second-order valence-electron chi connectivity index (χ2n) is 6.78. The van der Waals surface area contributed by atoms with Gasteiger partial charge in [0, 0.05) is 11.6 Å². The maximum atomic E-state index is 5.99. The average molecular weight is 262 g/mol. The number of nitrogens with zero attached hydrogens (tertiary/aromatic N) is 2. The van der Waals surface area contributed by atoms with Crippen molar-refractivity contribution in [3.05, 3.63) is 11.9 Å². The van der Waals surface area contributed by atoms with Gasteiger partial charge in [-0.15, -0.1) is 0 Å². The summed E-state index contributed by atoms with van der Waals surface area (Å²) in [6, 6.07) is 0.496. The fourth-order valence-corrected chi connectivity index (χ4v) is 3.11. The minimum Gasteiger partial charge on any atom is -0.383 e. The van der Waals surface area contributed by atoms with E-state index in [1.165, 1.54) is 25.7 Å². The lowest BCUT2D eigenvalue weighted by atomic mass is 9.75. The Balaban J connectivity index is 2.17. The topological polar surface area (TPSA) is 63.8 Å². The van der Waals surface area contributed by atoms with Crippen molar-refractivity contribution in [2.45, 2.75) is 65.3 Å². The zero-order valence-electron chi connectivity index (χ0n) is 12.5. The van der Waals surface area contributed by atoms with Crippen molar-refractivity contribution in [1.29, 1.82) is 0 Å². The van der Waals surface area contributed by atoms with Crippen molar-refractivity contribution in [2.75, 3.05) is 11.1 Å². The van der Waals surface area contributed by atoms with Crippen LogP contribution in [0.4, 0.5) is 11.6 Å². The average Bonchev–Trinajstić information content (AvgIpc) is 2.26. The summed E-state index contributed by atoms with van der Waals surface area (Å²) in [7, 11) is 0. The number of anilines is 2. The van der Waals surface area contributed by atoms with Gasteiger partial charge in [0.25, 0.3) is 0 Å². The van der Waals surface area contributed by atoms with Gasteiger partial charge in [-0.05, 0) is 30.6 Å². The van der Waals surface area contributed by atoms with Crippen LogP contribution in [0.3, 0.4) is 0 Å². The summed E-state index contributed by atoms with van der Waals surface area (Å²) in [5, 5.41) is 3.60. The zero-order valence-corrected chi connectivity index (χ0v) is 12.5. The van der Waals surface area contributed by atoms with E-state index in [1.54, 1.807) is 6.33 Å². The largest absolute Gasteiger partial charge is 0.383 e. The van der Waals surface area contributed by atoms with Crippen LogP contribution < -0.4 is 11.1 Å². The molecular weight excluding hydrogens is 236 g/mol. The molecule has 2 rings (SSSR count). The SMILES string of the molecule is CC(C)c1c(N)ncnc1NC1CCCC(C)(C)C1. The highest BCUT2D eigenvalue weighted by molar-refractivity contribution is 5.57. The van der Waals surface area contributed by atoms with E-state index >= 15 is 0 Å². The number of hydrogen-bond donors (Lipinski definition) is 2. The summed E-state index contributed by atoms with van der Waals surface area (Å²) in [5.41, 5.74) is 7.46. The molecule has 3 N–H and O–H groups in total. The van der Waals surface area contributed by atoms with E-state index in [0.29, 0.717) is 23.2 Å². The quantitative estimate of drug-likeness (QED) is 0.874. The monoisotopic (exact) mass is 262 g/mol. The number of aromatic nitrogens is 2. The Bertz CT molecular complexity index is 440. The molecular formula is C15H26N4. The van der Waals surface area contributed by atoms with Crippen LogP contribution >= 0.6 is 0 Å². The molecule has 4 heteroatoms. The van der Waals surface area contributed by atoms with Crippen LogP contribution in [-0.4, -0.2) is 16.0 Å². The second-order valence-corrected chi connectivity index (χ2v) is 6.78. The van der Waals surface area contributed by atoms with Crippen molar-refractivity contribution in [3.8, 4) is 0 Å². The molecule has 4 nitrogen and oxygen atoms in total. The van der Waals surface area contributed by atoms with Gasteiger partial charge >= 0.3 is 0 Å². The molecule has 1 heterocycles. The minimum absolute atomic E-state index is 0.334. The van der Waals surface area contributed by atoms with Gasteiger partial charge in [-0.3, -0.25) is 0 Å². The Hall–Kier alpha value is -1.32. The van der Waals surface area contributed by atoms with Crippen molar-refractivity contribution >= 4 is 11.6 Å². The van der Waals surface area contributed by atoms with Crippen LogP contribution in [0, 0.1) is 5.41 Å². The van der Waals surface area contributed by atoms with Crippen LogP contribution in [-0.2, 0) is 0 Å². The fraction of sp³-hybridized carbons (Fsp3) is 0.733. The predicted molar refractivity (Wildman–Crippen MR) is 80.2 cm³/mol. The lowest BCUT2D eigenvalue weighted by Gasteiger charge is -2.36. The molecule has 0 saturated heterocycles. The highest BCUT2D eigenvalue weighted by Crippen LogP contribution is 2.37. The molecule has 0 spiro atoms. The van der Waals surface area contributed by atoms with Gasteiger partial charge in [-0.1, -0.05) is 34.1 Å². The molecule has 0 amide bonds. The summed E-state index contributed by atoms with van der Waals surface area (Å²) >= 11 is 0. The first-order valence-corrected chi connectivity index (χ1v) is 7.26. The molecule has 1 unspecified atom stereocenters. The molecule has 1 aromatic heterocycles. The third-order valence-electron chi connectivity index (χ3n) is 4.04. The number of nitrogens with two attached hydrogens (primary N) is 1. The second kappa shape index (κ2) is 5.35. The van der Waals surface area contributed by atoms with Gasteiger partial charge < -0.3 is 11.1 Å². The summed E-state index contributed by atoms with van der Waals surface area (Å²) in [4.78, 5) is 8.51. The molecule has 0 aromatic carbocycles. The minimum atomic E-state index is 0.334. The molecule has 1 aliphatic rings. The number of nitrogen functional groups attached to an aromatic ring is 1. The molecule has 1 saturated carbocycles. The summed E-state index contributed by atoms with van der Waals surface area (Å²) in [5.74, 6) is 1.85. The van der Waals surface area contributed by atoms with E-state index in [1.807, 2.05) is 0 Å². The number of hydrogen-bond acceptors (Lipinski definition) is 4. The van der Waals surface area contributed by atoms with E-state index < -0.39 is 0 Å². The van der Waals surface area contributed by atoms with E-state index in [-0.39, 0.29) is 0 Å². The molecule has 19 heavy (non-hydrogen) atoms. The third kappa shape index (κ3) is 3.37. The van der Waals surface area contributed by atoms with Gasteiger partial charge in [-0.25, -0.2) is 9.97 Å². The summed E-state index contributed by atoms with van der Waals surface area (Å²) in [6.45, 7) is 8.95. The molecule has 1 atom stereocenters. The standard InChI is InChI=1S/C15H26N4/c1-10(2)12-13(16)17-9-18-14(12)19-11-6-5-7-15(3,4)8-11/h9-11H,5-8H2,1-4H3,(H3,16,17,18,19). The van der Waals surface area contributed by atoms with Gasteiger partial charge in [-0.2, -0.15) is 0 Å². The molecule has 0 aliphatic heterocycles. The Morgan fingerprint density at radius 2 is 2.11 bits per heavy atom. The van der Waals surface area contributed by atoms with E-state index in [0.717, 1.165) is 11.4 Å². The molecule has 1 fully saturated rings. The summed E-state index contributed by atoms with van der Waals surface area (Å²) < 4.78 is 0. The van der Waals surface area contributed by atoms with E-state index in [9.17, 15) is 0 Å². The highest BCUT2D eigenvalue weighted by atomic mass is 15.1. The first kappa shape index (κ1) is 14.1. The van der Waals surface area contributed by atoms with Gasteiger partial charge in [0.05, 0.1) is 0 Å². The maximum Gasteiger partial charge on any atom is 0.135 e. The van der Waals surface area contributed by atoms with Gasteiger partial charge in [0.15, 0.2) is 0 Å². The normalized spacial score (nSPS) is 22.5. The lowest BCUT2D eigenvalue weighted by molar-refractivity contribution is 0.229. The van der Waals surface area contributed by atoms with Crippen LogP contribution in [0.2, 0.25) is 0 Å². The molecule has 0 radical (unpaired) electrons. The molecule has 106 valence electrons. The Kier molecular flexibility index (Phi) is 3.97. The molecule has 0 bridgehead atoms. The lowest BCUT2D eigenvalue weighted by Crippen LogP contribution is -2.32. The predicted octanol–water partition coefficient (Wildman–Crippen LogP) is 3.56. The number of nitrogens with one attached hydrogen (secondary N) is 1. The van der Waals surface area contributed by atoms with Crippen LogP contribution in [0.1, 0.15) is 64.9 Å². The Morgan fingerprint density at radius 3 is 2.74 bits per heavy atom. The van der Waals surface area contributed by atoms with Crippen molar-refractivity contribution in [1.82, 2.24) is 9.97 Å². The van der Waals surface area contributed by atoms with Crippen LogP contribution in [0.25, 0.3) is 0 Å². The highest BCUT2D eigenvalue weighted by Gasteiger charge is 2.28. The van der Waals surface area contributed by atoms with Gasteiger partial charge in [0.1, 0.15) is 18.0 Å². The van der Waals surface area contributed by atoms with Crippen molar-refractivity contribution < 1.29 is 0 Å². The van der Waals surface area contributed by atoms with Crippen LogP contribution in [0.5, 0.6) is 0 Å². The Morgan fingerprint density at radius 1 is 1.37 bits per heavy atom. The molecule has 1 aliphatic carbocycles. The van der Waals surface area contributed by atoms with Gasteiger partial charge in [0.2, 0.25) is 0 Å². The van der Waals surface area contributed by atoms with Crippen LogP contribution in [0.15, 0.2) is 6.33 Å². The van der Waals surface area contributed by atoms with Crippen molar-refractivity contribution in [2.24, 2.45) is 5.41 Å².